The summed E-state index contributed by atoms with van der Waals surface area (Å²) in [5, 5.41) is 7.00. The van der Waals surface area contributed by atoms with Gasteiger partial charge in [-0.05, 0) is 49.6 Å². The van der Waals surface area contributed by atoms with Gasteiger partial charge in [0.25, 0.3) is 0 Å². The summed E-state index contributed by atoms with van der Waals surface area (Å²) in [6, 6.07) is 8.51. The Hall–Kier alpha value is -2.19. The van der Waals surface area contributed by atoms with Crippen LogP contribution in [0.5, 0.6) is 0 Å². The van der Waals surface area contributed by atoms with E-state index in [0.717, 1.165) is 12.1 Å². The molecule has 2 aromatic rings. The highest BCUT2D eigenvalue weighted by Gasteiger charge is 2.38. The summed E-state index contributed by atoms with van der Waals surface area (Å²) in [7, 11) is -3.38. The molecule has 3 rings (SSSR count). The fourth-order valence-corrected chi connectivity index (χ4v) is 5.01. The van der Waals surface area contributed by atoms with Crippen LogP contribution in [0.25, 0.3) is 5.69 Å². The van der Waals surface area contributed by atoms with Crippen LogP contribution in [-0.4, -0.2) is 46.8 Å². The molecule has 0 radical (unpaired) electrons. The Morgan fingerprint density at radius 1 is 1.31 bits per heavy atom. The van der Waals surface area contributed by atoms with Crippen LogP contribution in [0, 0.1) is 0 Å². The maximum atomic E-state index is 12.6. The van der Waals surface area contributed by atoms with Gasteiger partial charge in [-0.25, -0.2) is 13.1 Å². The first kappa shape index (κ1) is 18.6. The highest BCUT2D eigenvalue weighted by atomic mass is 32.2. The minimum Gasteiger partial charge on any atom is -0.325 e. The van der Waals surface area contributed by atoms with Gasteiger partial charge in [-0.3, -0.25) is 4.79 Å². The van der Waals surface area contributed by atoms with Crippen LogP contribution in [0.2, 0.25) is 0 Å². The number of anilines is 1. The first-order chi connectivity index (χ1) is 12.5. The van der Waals surface area contributed by atoms with Crippen LogP contribution in [0.4, 0.5) is 5.69 Å². The van der Waals surface area contributed by atoms with E-state index in [-0.39, 0.29) is 11.7 Å². The number of carbonyl (C=O) groups is 1. The minimum absolute atomic E-state index is 0.103. The monoisotopic (exact) mass is 376 g/mol. The van der Waals surface area contributed by atoms with Crippen LogP contribution in [-0.2, 0) is 14.8 Å². The molecule has 1 N–H and O–H groups in total. The molecule has 1 atom stereocenters. The lowest BCUT2D eigenvalue weighted by atomic mass is 10.2. The third-order valence-electron chi connectivity index (χ3n) is 4.52. The van der Waals surface area contributed by atoms with Crippen molar-refractivity contribution in [1.29, 1.82) is 0 Å². The molecule has 0 spiro atoms. The van der Waals surface area contributed by atoms with E-state index in [0.29, 0.717) is 31.5 Å². The molecule has 0 aliphatic carbocycles. The molecule has 0 bridgehead atoms. The number of sulfonamides is 1. The second-order valence-corrected chi connectivity index (χ2v) is 8.47. The lowest BCUT2D eigenvalue weighted by Gasteiger charge is -2.23. The maximum Gasteiger partial charge on any atom is 0.242 e. The zero-order valence-electron chi connectivity index (χ0n) is 14.8. The number of benzene rings is 1. The molecule has 1 unspecified atom stereocenters. The molecule has 26 heavy (non-hydrogen) atoms. The van der Waals surface area contributed by atoms with E-state index < -0.39 is 16.1 Å². The Kier molecular flexibility index (Phi) is 5.73. The van der Waals surface area contributed by atoms with Crippen LogP contribution in [0.15, 0.2) is 42.7 Å². The molecular weight excluding hydrogens is 352 g/mol. The van der Waals surface area contributed by atoms with E-state index >= 15 is 0 Å². The highest BCUT2D eigenvalue weighted by molar-refractivity contribution is 7.89. The van der Waals surface area contributed by atoms with Crippen molar-refractivity contribution in [2.75, 3.05) is 17.6 Å². The summed E-state index contributed by atoms with van der Waals surface area (Å²) in [5.74, 6) is -0.166. The zero-order valence-corrected chi connectivity index (χ0v) is 15.7. The van der Waals surface area contributed by atoms with Gasteiger partial charge in [0.15, 0.2) is 0 Å². The molecule has 1 aliphatic rings. The number of nitrogens with one attached hydrogen (secondary N) is 1. The van der Waals surface area contributed by atoms with Crippen LogP contribution in [0.3, 0.4) is 0 Å². The molecule has 1 amide bonds. The Morgan fingerprint density at radius 2 is 2.08 bits per heavy atom. The summed E-state index contributed by atoms with van der Waals surface area (Å²) < 4.78 is 28.0. The Labute approximate surface area is 154 Å². The molecular formula is C18H24N4O3S. The number of nitrogens with zero attached hydrogens (tertiary/aromatic N) is 3. The smallest absolute Gasteiger partial charge is 0.242 e. The Morgan fingerprint density at radius 3 is 2.73 bits per heavy atom. The van der Waals surface area contributed by atoms with Crippen LogP contribution < -0.4 is 5.32 Å². The van der Waals surface area contributed by atoms with E-state index in [4.69, 9.17) is 0 Å². The van der Waals surface area contributed by atoms with E-state index in [1.807, 2.05) is 31.3 Å². The molecule has 1 saturated heterocycles. The topological polar surface area (TPSA) is 84.3 Å². The van der Waals surface area contributed by atoms with Gasteiger partial charge < -0.3 is 5.32 Å². The summed E-state index contributed by atoms with van der Waals surface area (Å²) >= 11 is 0. The lowest BCUT2D eigenvalue weighted by Crippen LogP contribution is -2.44. The first-order valence-electron chi connectivity index (χ1n) is 8.92. The van der Waals surface area contributed by atoms with Gasteiger partial charge >= 0.3 is 0 Å². The summed E-state index contributed by atoms with van der Waals surface area (Å²) in [5.41, 5.74) is 1.53. The lowest BCUT2D eigenvalue weighted by molar-refractivity contribution is -0.119. The predicted octanol–water partition coefficient (Wildman–Crippen LogP) is 2.41. The maximum absolute atomic E-state index is 12.6. The molecule has 1 aromatic carbocycles. The van der Waals surface area contributed by atoms with Crippen molar-refractivity contribution >= 4 is 21.6 Å². The summed E-state index contributed by atoms with van der Waals surface area (Å²) in [6.07, 6.45) is 6.23. The fourth-order valence-electron chi connectivity index (χ4n) is 3.12. The normalized spacial score (nSPS) is 18.1. The molecule has 2 heterocycles. The van der Waals surface area contributed by atoms with Gasteiger partial charge in [-0.2, -0.15) is 9.40 Å². The Balaban J connectivity index is 1.67. The third-order valence-corrected chi connectivity index (χ3v) is 6.48. The number of rotatable bonds is 7. The van der Waals surface area contributed by atoms with Gasteiger partial charge in [0.05, 0.1) is 11.4 Å². The predicted molar refractivity (Wildman–Crippen MR) is 101 cm³/mol. The van der Waals surface area contributed by atoms with E-state index in [1.54, 1.807) is 23.0 Å². The molecule has 7 nitrogen and oxygen atoms in total. The average molecular weight is 376 g/mol. The zero-order chi connectivity index (χ0) is 18.6. The third kappa shape index (κ3) is 4.13. The number of aromatic nitrogens is 2. The van der Waals surface area contributed by atoms with Crippen molar-refractivity contribution in [3.05, 3.63) is 42.7 Å². The van der Waals surface area contributed by atoms with Crippen molar-refractivity contribution in [2.24, 2.45) is 0 Å². The van der Waals surface area contributed by atoms with Gasteiger partial charge in [0.2, 0.25) is 15.9 Å². The van der Waals surface area contributed by atoms with Gasteiger partial charge in [0, 0.05) is 24.6 Å². The van der Waals surface area contributed by atoms with Crippen LogP contribution in [0.1, 0.15) is 32.6 Å². The second kappa shape index (κ2) is 8.01. The summed E-state index contributed by atoms with van der Waals surface area (Å²) in [6.45, 7) is 2.37. The molecule has 8 heteroatoms. The quantitative estimate of drug-likeness (QED) is 0.804. The summed E-state index contributed by atoms with van der Waals surface area (Å²) in [4.78, 5) is 12.6. The molecule has 0 saturated carbocycles. The molecule has 1 aliphatic heterocycles. The molecule has 1 fully saturated rings. The standard InChI is InChI=1S/C18H24N4O3S/c1-2-3-14-26(24,25)22-13-4-6-17(22)18(23)20-15-7-9-16(10-8-15)21-12-5-11-19-21/h5,7-12,17H,2-4,6,13-14H2,1H3,(H,20,23). The van der Waals surface area contributed by atoms with E-state index in [1.165, 1.54) is 4.31 Å². The fraction of sp³-hybridized carbons (Fsp3) is 0.444. The van der Waals surface area contributed by atoms with Crippen molar-refractivity contribution in [2.45, 2.75) is 38.6 Å². The van der Waals surface area contributed by atoms with E-state index in [9.17, 15) is 13.2 Å². The molecule has 140 valence electrons. The Bertz CT molecular complexity index is 832. The van der Waals surface area contributed by atoms with Gasteiger partial charge in [0.1, 0.15) is 6.04 Å². The number of unbranched alkanes of at least 4 members (excludes halogenated alkanes) is 1. The van der Waals surface area contributed by atoms with Gasteiger partial charge in [-0.15, -0.1) is 0 Å². The number of amides is 1. The van der Waals surface area contributed by atoms with Crippen molar-refractivity contribution in [1.82, 2.24) is 14.1 Å². The number of hydrogen-bond donors (Lipinski definition) is 1. The van der Waals surface area contributed by atoms with Crippen molar-refractivity contribution in [3.63, 3.8) is 0 Å². The first-order valence-corrected chi connectivity index (χ1v) is 10.5. The minimum atomic E-state index is -3.38. The second-order valence-electron chi connectivity index (χ2n) is 6.43. The van der Waals surface area contributed by atoms with Crippen molar-refractivity contribution in [3.8, 4) is 5.69 Å². The van der Waals surface area contributed by atoms with Crippen molar-refractivity contribution < 1.29 is 13.2 Å². The molecule has 1 aromatic heterocycles. The highest BCUT2D eigenvalue weighted by Crippen LogP contribution is 2.24. The largest absolute Gasteiger partial charge is 0.325 e. The van der Waals surface area contributed by atoms with E-state index in [2.05, 4.69) is 10.4 Å². The number of carbonyl (C=O) groups excluding carboxylic acids is 1. The SMILES string of the molecule is CCCCS(=O)(=O)N1CCCC1C(=O)Nc1ccc(-n2cccn2)cc1. The average Bonchev–Trinajstić information content (AvgIpc) is 3.32. The van der Waals surface area contributed by atoms with Crippen LogP contribution >= 0.6 is 0 Å². The van der Waals surface area contributed by atoms with Gasteiger partial charge in [-0.1, -0.05) is 13.3 Å². The number of hydrogen-bond acceptors (Lipinski definition) is 4.